The van der Waals surface area contributed by atoms with Crippen LogP contribution in [-0.2, 0) is 39.2 Å². The SMILES string of the molecule is C#C[C@@]1(N)[C@H](O)[C@@H](COP(O)(=S)OP(=O)(O)OC2OC3(O)C2C(O)C(O)C3[C@@H](F)CO)O[C@H]1c1coc2c(N)ncnc12. The summed E-state index contributed by atoms with van der Waals surface area (Å²) in [5.74, 6) is -3.76. The summed E-state index contributed by atoms with van der Waals surface area (Å²) in [5, 5.41) is 50.8. The molecule has 2 aromatic rings. The zero-order valence-electron chi connectivity index (χ0n) is 21.6. The number of furan rings is 1. The minimum atomic E-state index is -5.40. The van der Waals surface area contributed by atoms with Crippen molar-refractivity contribution < 1.29 is 71.5 Å². The maximum absolute atomic E-state index is 14.1. The number of phosphoric ester groups is 1. The van der Waals surface area contributed by atoms with Gasteiger partial charge in [-0.1, -0.05) is 5.92 Å². The highest BCUT2D eigenvalue weighted by atomic mass is 32.5. The number of anilines is 1. The van der Waals surface area contributed by atoms with Gasteiger partial charge in [0.25, 0.3) is 0 Å². The predicted octanol–water partition coefficient (Wildman–Crippen LogP) is -2.35. The van der Waals surface area contributed by atoms with Crippen LogP contribution in [0.25, 0.3) is 11.1 Å². The average Bonchev–Trinajstić information content (AvgIpc) is 3.50. The molecule has 8 unspecified atom stereocenters. The smallest absolute Gasteiger partial charge is 0.458 e. The molecule has 0 radical (unpaired) electrons. The van der Waals surface area contributed by atoms with Gasteiger partial charge in [0.2, 0.25) is 0 Å². The molecule has 1 aliphatic carbocycles. The maximum Gasteiger partial charge on any atom is 0.481 e. The Morgan fingerprint density at radius 3 is 2.63 bits per heavy atom. The number of nitrogens with two attached hydrogens (primary N) is 2. The summed E-state index contributed by atoms with van der Waals surface area (Å²) in [5.41, 5.74) is 10.7. The molecule has 2 aromatic heterocycles. The number of phosphoric acid groups is 1. The molecule has 1 saturated carbocycles. The number of nitrogen functional groups attached to an aromatic ring is 1. The number of aliphatic hydroxyl groups excluding tert-OH is 4. The van der Waals surface area contributed by atoms with E-state index < -0.39 is 93.9 Å². The van der Waals surface area contributed by atoms with Crippen LogP contribution in [0.4, 0.5) is 10.2 Å². The fraction of sp³-hybridized carbons (Fsp3) is 0.619. The number of nitrogens with zero attached hydrogens (tertiary/aromatic N) is 2. The van der Waals surface area contributed by atoms with Crippen molar-refractivity contribution in [3.05, 3.63) is 18.2 Å². The molecular formula is C21H27FN4O14P2S. The molecule has 18 nitrogen and oxygen atoms in total. The first kappa shape index (κ1) is 32.7. The lowest BCUT2D eigenvalue weighted by Gasteiger charge is -2.49. The molecule has 5 rings (SSSR count). The Morgan fingerprint density at radius 1 is 1.28 bits per heavy atom. The molecule has 2 aliphatic heterocycles. The van der Waals surface area contributed by atoms with E-state index in [9.17, 15) is 39.2 Å². The zero-order chi connectivity index (χ0) is 31.7. The van der Waals surface area contributed by atoms with E-state index in [0.717, 1.165) is 6.33 Å². The Morgan fingerprint density at radius 2 is 1.98 bits per heavy atom. The van der Waals surface area contributed by atoms with E-state index in [1.165, 1.54) is 6.26 Å². The van der Waals surface area contributed by atoms with Crippen LogP contribution in [0.1, 0.15) is 11.7 Å². The summed E-state index contributed by atoms with van der Waals surface area (Å²) < 4.78 is 57.3. The van der Waals surface area contributed by atoms with E-state index in [0.29, 0.717) is 0 Å². The van der Waals surface area contributed by atoms with Crippen molar-refractivity contribution in [1.82, 2.24) is 9.97 Å². The first-order valence-corrected chi connectivity index (χ1v) is 16.4. The number of terminal acetylenes is 1. The highest BCUT2D eigenvalue weighted by Gasteiger charge is 2.74. The van der Waals surface area contributed by atoms with E-state index in [4.69, 9.17) is 57.7 Å². The van der Waals surface area contributed by atoms with Crippen molar-refractivity contribution in [2.45, 2.75) is 54.3 Å². The number of halogens is 1. The van der Waals surface area contributed by atoms with E-state index in [1.54, 1.807) is 0 Å². The Labute approximate surface area is 246 Å². The highest BCUT2D eigenvalue weighted by Crippen LogP contribution is 2.65. The second-order valence-corrected chi connectivity index (χ2v) is 14.5. The molecule has 238 valence electrons. The highest BCUT2D eigenvalue weighted by molar-refractivity contribution is 8.08. The molecule has 0 amide bonds. The molecule has 2 saturated heterocycles. The van der Waals surface area contributed by atoms with Gasteiger partial charge in [-0.2, -0.15) is 0 Å². The normalized spacial score (nSPS) is 40.7. The Bertz CT molecular complexity index is 1530. The Hall–Kier alpha value is -1.73. The van der Waals surface area contributed by atoms with Gasteiger partial charge >= 0.3 is 14.5 Å². The van der Waals surface area contributed by atoms with Crippen LogP contribution in [0.15, 0.2) is 17.0 Å². The monoisotopic (exact) mass is 672 g/mol. The molecule has 11 N–H and O–H groups in total. The van der Waals surface area contributed by atoms with E-state index in [2.05, 4.69) is 20.2 Å². The standard InChI is InChI=1S/C21H27FN4O14P2S/c1-2-20(24)16(30)9(37-17(20)7-4-35-15-12(7)25-6-26-18(15)23)5-36-42(34,43)40-41(32,33)39-19-11-14(29)13(28)10(8(22)3-27)21(11,31)38-19/h1,4,6,8-11,13-14,16-17,19,27-31H,3,5,24H2,(H,32,33)(H,34,43)(H2,23,25,26)/t8-,9+,10?,11?,13?,14?,16+,17-,19?,20+,21?,42?/m0/s1. The van der Waals surface area contributed by atoms with Crippen molar-refractivity contribution in [3.63, 3.8) is 0 Å². The third-order valence-electron chi connectivity index (χ3n) is 7.58. The Balaban J connectivity index is 1.24. The van der Waals surface area contributed by atoms with E-state index in [1.807, 2.05) is 0 Å². The molecule has 0 bridgehead atoms. The molecule has 22 heteroatoms. The summed E-state index contributed by atoms with van der Waals surface area (Å²) in [4.78, 5) is 28.5. The predicted molar refractivity (Wildman–Crippen MR) is 141 cm³/mol. The minimum absolute atomic E-state index is 0.0129. The van der Waals surface area contributed by atoms with Crippen LogP contribution >= 0.6 is 14.5 Å². The quantitative estimate of drug-likeness (QED) is 0.0942. The lowest BCUT2D eigenvalue weighted by atomic mass is 9.85. The summed E-state index contributed by atoms with van der Waals surface area (Å²) in [6, 6.07) is 0. The number of aromatic nitrogens is 2. The third-order valence-corrected chi connectivity index (χ3v) is 11.1. The van der Waals surface area contributed by atoms with Gasteiger partial charge in [0.15, 0.2) is 23.5 Å². The third kappa shape index (κ3) is 5.42. The summed E-state index contributed by atoms with van der Waals surface area (Å²) in [7, 11) is -5.40. The fourth-order valence-electron chi connectivity index (χ4n) is 5.50. The molecule has 0 spiro atoms. The van der Waals surface area contributed by atoms with Crippen molar-refractivity contribution >= 4 is 43.3 Å². The number of alkyl halides is 1. The molecule has 3 aliphatic rings. The van der Waals surface area contributed by atoms with Crippen LogP contribution in [0.5, 0.6) is 0 Å². The van der Waals surface area contributed by atoms with Crippen LogP contribution in [0.2, 0.25) is 0 Å². The van der Waals surface area contributed by atoms with Crippen molar-refractivity contribution in [2.24, 2.45) is 17.6 Å². The fourth-order valence-corrected chi connectivity index (χ4v) is 8.60. The van der Waals surface area contributed by atoms with Gasteiger partial charge < -0.3 is 65.2 Å². The first-order valence-electron chi connectivity index (χ1n) is 12.3. The van der Waals surface area contributed by atoms with Gasteiger partial charge in [-0.3, -0.25) is 4.52 Å². The van der Waals surface area contributed by atoms with Gasteiger partial charge in [0, 0.05) is 5.56 Å². The van der Waals surface area contributed by atoms with Crippen molar-refractivity contribution in [3.8, 4) is 12.3 Å². The van der Waals surface area contributed by atoms with Gasteiger partial charge in [-0.05, 0) is 11.8 Å². The second kappa shape index (κ2) is 11.3. The van der Waals surface area contributed by atoms with Gasteiger partial charge in [0.1, 0.15) is 41.9 Å². The first-order chi connectivity index (χ1) is 20.0. The summed E-state index contributed by atoms with van der Waals surface area (Å²) in [6.07, 6.45) is -4.30. The summed E-state index contributed by atoms with van der Waals surface area (Å²) >= 11 is 4.77. The van der Waals surface area contributed by atoms with Crippen molar-refractivity contribution in [1.29, 1.82) is 0 Å². The molecule has 0 aromatic carbocycles. The minimum Gasteiger partial charge on any atom is -0.458 e. The number of hydrogen-bond acceptors (Lipinski definition) is 17. The maximum atomic E-state index is 14.1. The average molecular weight is 672 g/mol. The lowest BCUT2D eigenvalue weighted by molar-refractivity contribution is -0.426. The topological polar surface area (TPSA) is 296 Å². The van der Waals surface area contributed by atoms with Crippen LogP contribution < -0.4 is 11.5 Å². The van der Waals surface area contributed by atoms with Gasteiger partial charge in [-0.25, -0.2) is 23.2 Å². The van der Waals surface area contributed by atoms with Gasteiger partial charge in [-0.15, -0.1) is 6.42 Å². The number of hydrogen-bond donors (Lipinski definition) is 9. The largest absolute Gasteiger partial charge is 0.481 e. The zero-order valence-corrected chi connectivity index (χ0v) is 24.2. The Kier molecular flexibility index (Phi) is 8.55. The molecule has 4 heterocycles. The number of rotatable bonds is 10. The number of aliphatic hydroxyl groups is 5. The van der Waals surface area contributed by atoms with Gasteiger partial charge in [0.05, 0.1) is 43.5 Å². The molecule has 43 heavy (non-hydrogen) atoms. The lowest BCUT2D eigenvalue weighted by Crippen LogP contribution is -2.64. The molecule has 13 atom stereocenters. The number of fused-ring (bicyclic) bond motifs is 2. The number of ether oxygens (including phenoxy) is 2. The van der Waals surface area contributed by atoms with Crippen LogP contribution in [-0.4, -0.2) is 107 Å². The van der Waals surface area contributed by atoms with E-state index >= 15 is 0 Å². The van der Waals surface area contributed by atoms with Crippen LogP contribution in [0, 0.1) is 24.2 Å². The van der Waals surface area contributed by atoms with E-state index in [-0.39, 0.29) is 22.5 Å². The van der Waals surface area contributed by atoms with Crippen molar-refractivity contribution in [2.75, 3.05) is 18.9 Å². The van der Waals surface area contributed by atoms with Crippen LogP contribution in [0.3, 0.4) is 0 Å². The molecule has 3 fully saturated rings. The molecular weight excluding hydrogens is 645 g/mol. The summed E-state index contributed by atoms with van der Waals surface area (Å²) in [6.45, 7) is -6.58. The second-order valence-electron chi connectivity index (χ2n) is 10.1.